The summed E-state index contributed by atoms with van der Waals surface area (Å²) in [6, 6.07) is 16.6. The Morgan fingerprint density at radius 3 is 2.76 bits per heavy atom. The summed E-state index contributed by atoms with van der Waals surface area (Å²) in [5, 5.41) is 10.6. The third-order valence-electron chi connectivity index (χ3n) is 4.51. The monoisotopic (exact) mass is 282 g/mol. The number of aliphatic hydroxyl groups excluding tert-OH is 1. The second-order valence-electron chi connectivity index (χ2n) is 5.89. The third kappa shape index (κ3) is 3.27. The molecule has 0 bridgehead atoms. The van der Waals surface area contributed by atoms with Crippen LogP contribution in [0.5, 0.6) is 5.75 Å². The van der Waals surface area contributed by atoms with Gasteiger partial charge in [-0.25, -0.2) is 0 Å². The number of rotatable bonds is 4. The van der Waals surface area contributed by atoms with Crippen molar-refractivity contribution in [1.29, 1.82) is 0 Å². The molecule has 0 fully saturated rings. The van der Waals surface area contributed by atoms with E-state index in [9.17, 15) is 5.11 Å². The van der Waals surface area contributed by atoms with Crippen molar-refractivity contribution in [2.75, 3.05) is 7.11 Å². The van der Waals surface area contributed by atoms with Crippen LogP contribution in [0, 0.1) is 5.92 Å². The van der Waals surface area contributed by atoms with Gasteiger partial charge in [0.2, 0.25) is 0 Å². The van der Waals surface area contributed by atoms with E-state index in [-0.39, 0.29) is 6.10 Å². The van der Waals surface area contributed by atoms with Crippen molar-refractivity contribution in [3.05, 3.63) is 65.2 Å². The molecular formula is C19H22O2. The van der Waals surface area contributed by atoms with E-state index in [1.54, 1.807) is 7.11 Å². The molecule has 1 aliphatic rings. The Balaban J connectivity index is 1.67. The fourth-order valence-corrected chi connectivity index (χ4v) is 3.26. The van der Waals surface area contributed by atoms with Gasteiger partial charge < -0.3 is 9.84 Å². The highest BCUT2D eigenvalue weighted by Crippen LogP contribution is 2.29. The fraction of sp³-hybridized carbons (Fsp3) is 0.368. The Bertz CT molecular complexity index is 606. The Hall–Kier alpha value is -1.80. The lowest BCUT2D eigenvalue weighted by atomic mass is 9.79. The van der Waals surface area contributed by atoms with Gasteiger partial charge in [-0.05, 0) is 60.4 Å². The van der Waals surface area contributed by atoms with Gasteiger partial charge in [0.05, 0.1) is 13.2 Å². The minimum atomic E-state index is -0.287. The molecule has 21 heavy (non-hydrogen) atoms. The van der Waals surface area contributed by atoms with Crippen molar-refractivity contribution < 1.29 is 9.84 Å². The zero-order chi connectivity index (χ0) is 14.7. The van der Waals surface area contributed by atoms with Crippen LogP contribution in [-0.4, -0.2) is 18.3 Å². The van der Waals surface area contributed by atoms with Crippen LogP contribution < -0.4 is 4.74 Å². The van der Waals surface area contributed by atoms with Crippen LogP contribution in [0.2, 0.25) is 0 Å². The van der Waals surface area contributed by atoms with Gasteiger partial charge in [-0.15, -0.1) is 0 Å². The number of ether oxygens (including phenoxy) is 1. The van der Waals surface area contributed by atoms with Crippen molar-refractivity contribution in [3.63, 3.8) is 0 Å². The predicted octanol–water partition coefficient (Wildman–Crippen LogP) is 3.40. The molecule has 1 N–H and O–H groups in total. The normalized spacial score (nSPS) is 18.9. The molecule has 3 rings (SSSR count). The molecule has 2 nitrogen and oxygen atoms in total. The Kier molecular flexibility index (Phi) is 4.26. The number of methoxy groups -OCH3 is 1. The molecule has 2 aromatic carbocycles. The van der Waals surface area contributed by atoms with Crippen LogP contribution in [0.25, 0.3) is 0 Å². The molecule has 0 amide bonds. The summed E-state index contributed by atoms with van der Waals surface area (Å²) in [7, 11) is 1.67. The first kappa shape index (κ1) is 14.2. The molecule has 0 saturated carbocycles. The van der Waals surface area contributed by atoms with Gasteiger partial charge in [0, 0.05) is 0 Å². The molecule has 0 aliphatic heterocycles. The smallest absolute Gasteiger partial charge is 0.119 e. The summed E-state index contributed by atoms with van der Waals surface area (Å²) < 4.78 is 5.25. The zero-order valence-electron chi connectivity index (χ0n) is 12.5. The van der Waals surface area contributed by atoms with E-state index in [0.717, 1.165) is 30.6 Å². The Labute approximate surface area is 126 Å². The molecule has 0 aromatic heterocycles. The maximum atomic E-state index is 10.6. The lowest BCUT2D eigenvalue weighted by molar-refractivity contribution is 0.0992. The van der Waals surface area contributed by atoms with Crippen LogP contribution in [0.15, 0.2) is 48.5 Å². The second-order valence-corrected chi connectivity index (χ2v) is 5.89. The van der Waals surface area contributed by atoms with E-state index in [2.05, 4.69) is 30.3 Å². The zero-order valence-corrected chi connectivity index (χ0v) is 12.5. The summed E-state index contributed by atoms with van der Waals surface area (Å²) in [5.74, 6) is 1.21. The molecule has 2 aromatic rings. The van der Waals surface area contributed by atoms with Gasteiger partial charge in [-0.1, -0.05) is 36.4 Å². The molecule has 1 aliphatic carbocycles. The predicted molar refractivity (Wildman–Crippen MR) is 84.7 cm³/mol. The molecule has 110 valence electrons. The van der Waals surface area contributed by atoms with Crippen molar-refractivity contribution in [3.8, 4) is 5.75 Å². The van der Waals surface area contributed by atoms with E-state index in [1.165, 1.54) is 11.1 Å². The van der Waals surface area contributed by atoms with E-state index < -0.39 is 0 Å². The number of fused-ring (bicyclic) bond motifs is 1. The number of hydrogen-bond acceptors (Lipinski definition) is 2. The minimum Gasteiger partial charge on any atom is -0.497 e. The molecule has 2 heteroatoms. The highest BCUT2D eigenvalue weighted by atomic mass is 16.5. The van der Waals surface area contributed by atoms with Gasteiger partial charge in [-0.2, -0.15) is 0 Å². The summed E-state index contributed by atoms with van der Waals surface area (Å²) >= 11 is 0. The topological polar surface area (TPSA) is 29.5 Å². The van der Waals surface area contributed by atoms with Crippen LogP contribution in [0.3, 0.4) is 0 Å². The molecular weight excluding hydrogens is 260 g/mol. The molecule has 0 spiro atoms. The lowest BCUT2D eigenvalue weighted by Crippen LogP contribution is -2.28. The first-order valence-electron chi connectivity index (χ1n) is 7.64. The average Bonchev–Trinajstić information content (AvgIpc) is 2.54. The van der Waals surface area contributed by atoms with Gasteiger partial charge in [-0.3, -0.25) is 0 Å². The maximum absolute atomic E-state index is 10.6. The molecule has 2 unspecified atom stereocenters. The Morgan fingerprint density at radius 2 is 1.95 bits per heavy atom. The van der Waals surface area contributed by atoms with Crippen molar-refractivity contribution in [2.24, 2.45) is 5.92 Å². The standard InChI is InChI=1S/C19H22O2/c1-21-18-8-4-5-14(11-18)12-19(20)17-10-9-15-6-2-3-7-16(15)13-17/h2-8,11,17,19-20H,9-10,12-13H2,1H3. The minimum absolute atomic E-state index is 0.287. The van der Waals surface area contributed by atoms with Gasteiger partial charge in [0.15, 0.2) is 0 Å². The lowest BCUT2D eigenvalue weighted by Gasteiger charge is -2.28. The van der Waals surface area contributed by atoms with Crippen LogP contribution in [0.4, 0.5) is 0 Å². The van der Waals surface area contributed by atoms with Crippen molar-refractivity contribution in [2.45, 2.75) is 31.8 Å². The van der Waals surface area contributed by atoms with Crippen LogP contribution in [0.1, 0.15) is 23.1 Å². The largest absolute Gasteiger partial charge is 0.497 e. The summed E-state index contributed by atoms with van der Waals surface area (Å²) in [6.45, 7) is 0. The van der Waals surface area contributed by atoms with Crippen molar-refractivity contribution in [1.82, 2.24) is 0 Å². The highest BCUT2D eigenvalue weighted by molar-refractivity contribution is 5.31. The molecule has 0 radical (unpaired) electrons. The quantitative estimate of drug-likeness (QED) is 0.931. The summed E-state index contributed by atoms with van der Waals surface area (Å²) in [4.78, 5) is 0. The fourth-order valence-electron chi connectivity index (χ4n) is 3.26. The number of aliphatic hydroxyl groups is 1. The van der Waals surface area contributed by atoms with E-state index >= 15 is 0 Å². The van der Waals surface area contributed by atoms with Crippen molar-refractivity contribution >= 4 is 0 Å². The molecule has 0 heterocycles. The van der Waals surface area contributed by atoms with E-state index in [0.29, 0.717) is 12.3 Å². The van der Waals surface area contributed by atoms with Gasteiger partial charge in [0.1, 0.15) is 5.75 Å². The van der Waals surface area contributed by atoms with E-state index in [4.69, 9.17) is 4.74 Å². The van der Waals surface area contributed by atoms with Gasteiger partial charge >= 0.3 is 0 Å². The highest BCUT2D eigenvalue weighted by Gasteiger charge is 2.24. The first-order chi connectivity index (χ1) is 10.3. The van der Waals surface area contributed by atoms with E-state index in [1.807, 2.05) is 18.2 Å². The molecule has 0 saturated heterocycles. The maximum Gasteiger partial charge on any atom is 0.119 e. The first-order valence-corrected chi connectivity index (χ1v) is 7.64. The van der Waals surface area contributed by atoms with Crippen LogP contribution in [-0.2, 0) is 19.3 Å². The van der Waals surface area contributed by atoms with Gasteiger partial charge in [0.25, 0.3) is 0 Å². The Morgan fingerprint density at radius 1 is 1.14 bits per heavy atom. The number of benzene rings is 2. The average molecular weight is 282 g/mol. The second kappa shape index (κ2) is 6.31. The third-order valence-corrected chi connectivity index (χ3v) is 4.51. The number of hydrogen-bond donors (Lipinski definition) is 1. The SMILES string of the molecule is COc1cccc(CC(O)C2CCc3ccccc3C2)c1. The summed E-state index contributed by atoms with van der Waals surface area (Å²) in [6.07, 6.45) is 3.55. The summed E-state index contributed by atoms with van der Waals surface area (Å²) in [5.41, 5.74) is 3.99. The number of aryl methyl sites for hydroxylation is 1. The van der Waals surface area contributed by atoms with Crippen LogP contribution >= 0.6 is 0 Å². The molecule has 2 atom stereocenters.